The molecule has 0 bridgehead atoms. The molecule has 109 heavy (non-hydrogen) atoms. The SMILES string of the molecule is CCC(CO)(CO)COC(=O)C1CCC(C)CC1C(=O)O.CCC(CO)(CO)COC(=O)C1CCCCC1C(=O)O.CCC(CO)(CO)COC(=O)CC(C)C(=O)O.CCC(CO)(CO)COC(=O)CC(C)C(=O)O.CCC(CO)(CO)COC(=O)CC(C)C(=O)O.CCC(CO)(CO)COC(=O)CC(C)C(=O)O. The van der Waals surface area contributed by atoms with Gasteiger partial charge < -0.3 is 120 Å². The van der Waals surface area contributed by atoms with Gasteiger partial charge >= 0.3 is 71.6 Å². The van der Waals surface area contributed by atoms with E-state index >= 15 is 0 Å². The zero-order valence-electron chi connectivity index (χ0n) is 65.3. The maximum absolute atomic E-state index is 12.2. The summed E-state index contributed by atoms with van der Waals surface area (Å²) in [7, 11) is 0. The molecule has 2 rings (SSSR count). The number of carbonyl (C=O) groups is 12. The summed E-state index contributed by atoms with van der Waals surface area (Å²) >= 11 is 0. The average molecular weight is 1580 g/mol. The standard InChI is InChI=1S/C15H26O6.C14H24O6.4C11H20O6/c1-3-15(7-16,8-17)9-21-14(20)11-5-4-10(2)6-12(11)13(18)19;1-2-14(7-15,8-16)9-20-13(19)11-6-4-3-5-10(11)12(17)18;4*1-3-11(5-12,6-13)7-17-9(14)4-8(2)10(15)16/h10-12,16-17H,3-9H2,1-2H3,(H,18,19);10-11,15-16H,2-9H2,1H3,(H,17,18);4*8,12-13H,3-7H2,1-2H3,(H,15,16). The molecular weight excluding hydrogens is 1450 g/mol. The van der Waals surface area contributed by atoms with Crippen LogP contribution < -0.4 is 0 Å². The molecule has 0 radical (unpaired) electrons. The molecule has 0 saturated heterocycles. The van der Waals surface area contributed by atoms with Crippen LogP contribution in [0.5, 0.6) is 0 Å². The van der Waals surface area contributed by atoms with Gasteiger partial charge in [-0.2, -0.15) is 0 Å². The van der Waals surface area contributed by atoms with Gasteiger partial charge in [0.05, 0.1) is 185 Å². The van der Waals surface area contributed by atoms with E-state index in [4.69, 9.17) is 94.8 Å². The zero-order valence-corrected chi connectivity index (χ0v) is 65.3. The predicted octanol–water partition coefficient (Wildman–Crippen LogP) is 1.93. The monoisotopic (exact) mass is 1580 g/mol. The summed E-state index contributed by atoms with van der Waals surface area (Å²) < 4.78 is 29.9. The fourth-order valence-electron chi connectivity index (χ4n) is 9.63. The summed E-state index contributed by atoms with van der Waals surface area (Å²) in [6.07, 6.45) is 6.36. The number of esters is 6. The van der Waals surface area contributed by atoms with Crippen LogP contribution in [0.2, 0.25) is 0 Å². The van der Waals surface area contributed by atoms with E-state index in [0.29, 0.717) is 70.1 Å². The number of aliphatic carboxylic acids is 6. The van der Waals surface area contributed by atoms with Gasteiger partial charge in [-0.15, -0.1) is 0 Å². The highest BCUT2D eigenvalue weighted by molar-refractivity contribution is 5.83. The van der Waals surface area contributed by atoms with Crippen molar-refractivity contribution in [2.45, 2.75) is 185 Å². The fourth-order valence-corrected chi connectivity index (χ4v) is 9.63. The molecule has 0 heterocycles. The van der Waals surface area contributed by atoms with Crippen molar-refractivity contribution < 1.29 is 178 Å². The highest BCUT2D eigenvalue weighted by Crippen LogP contribution is 2.36. The van der Waals surface area contributed by atoms with E-state index in [1.807, 2.05) is 6.92 Å². The Morgan fingerprint density at radius 1 is 0.294 bits per heavy atom. The molecule has 0 aromatic rings. The minimum Gasteiger partial charge on any atom is -0.481 e. The van der Waals surface area contributed by atoms with Gasteiger partial charge in [-0.1, -0.05) is 89.0 Å². The van der Waals surface area contributed by atoms with Gasteiger partial charge in [0.15, 0.2) is 0 Å². The van der Waals surface area contributed by atoms with Gasteiger partial charge in [-0.3, -0.25) is 57.5 Å². The number of hydrogen-bond donors (Lipinski definition) is 18. The maximum Gasteiger partial charge on any atom is 0.309 e. The van der Waals surface area contributed by atoms with Crippen LogP contribution in [-0.4, -0.2) is 282 Å². The van der Waals surface area contributed by atoms with E-state index in [2.05, 4.69) is 0 Å². The first-order chi connectivity index (χ1) is 51.0. The fraction of sp³-hybridized carbons (Fsp3) is 0.836. The van der Waals surface area contributed by atoms with Gasteiger partial charge in [0.2, 0.25) is 0 Å². The number of rotatable bonds is 46. The molecule has 2 aliphatic carbocycles. The number of carboxylic acid groups (broad SMARTS) is 6. The van der Waals surface area contributed by atoms with Crippen molar-refractivity contribution in [3.63, 3.8) is 0 Å². The topological polar surface area (TPSA) is 624 Å². The van der Waals surface area contributed by atoms with Crippen molar-refractivity contribution in [3.8, 4) is 0 Å². The molecular formula is C73H130O36. The third kappa shape index (κ3) is 41.3. The largest absolute Gasteiger partial charge is 0.481 e. The van der Waals surface area contributed by atoms with Crippen LogP contribution in [0.15, 0.2) is 0 Å². The van der Waals surface area contributed by atoms with E-state index in [1.165, 1.54) is 27.7 Å². The van der Waals surface area contributed by atoms with Gasteiger partial charge in [0.25, 0.3) is 0 Å². The van der Waals surface area contributed by atoms with E-state index in [0.717, 1.165) is 19.3 Å². The third-order valence-electron chi connectivity index (χ3n) is 20.4. The zero-order chi connectivity index (χ0) is 85.1. The second-order valence-corrected chi connectivity index (χ2v) is 29.0. The first-order valence-corrected chi connectivity index (χ1v) is 36.6. The lowest BCUT2D eigenvalue weighted by Gasteiger charge is -2.32. The second-order valence-electron chi connectivity index (χ2n) is 29.0. The first kappa shape index (κ1) is 108. The summed E-state index contributed by atoms with van der Waals surface area (Å²) in [5.41, 5.74) is -5.08. The molecule has 0 spiro atoms. The Morgan fingerprint density at radius 2 is 0.486 bits per heavy atom. The van der Waals surface area contributed by atoms with Crippen LogP contribution in [0.4, 0.5) is 0 Å². The van der Waals surface area contributed by atoms with E-state index in [9.17, 15) is 83.1 Å². The molecule has 638 valence electrons. The lowest BCUT2D eigenvalue weighted by Crippen LogP contribution is -2.40. The Labute approximate surface area is 637 Å². The molecule has 2 saturated carbocycles. The molecule has 0 aromatic heterocycles. The maximum atomic E-state index is 12.2. The van der Waals surface area contributed by atoms with Gasteiger partial charge in [-0.25, -0.2) is 0 Å². The van der Waals surface area contributed by atoms with Crippen LogP contribution in [0.3, 0.4) is 0 Å². The number of carbonyl (C=O) groups excluding carboxylic acids is 6. The van der Waals surface area contributed by atoms with Crippen LogP contribution in [0.25, 0.3) is 0 Å². The van der Waals surface area contributed by atoms with Gasteiger partial charge in [0, 0.05) is 0 Å². The van der Waals surface area contributed by atoms with Crippen molar-refractivity contribution in [1.29, 1.82) is 0 Å². The molecule has 9 atom stereocenters. The van der Waals surface area contributed by atoms with E-state index in [1.54, 1.807) is 41.5 Å². The number of carboxylic acids is 6. The molecule has 2 fully saturated rings. The summed E-state index contributed by atoms with van der Waals surface area (Å²) in [5.74, 6) is -15.4. The Hall–Kier alpha value is -6.84. The third-order valence-corrected chi connectivity index (χ3v) is 20.4. The van der Waals surface area contributed by atoms with Gasteiger partial charge in [0.1, 0.15) is 39.6 Å². The minimum atomic E-state index is -1.06. The van der Waals surface area contributed by atoms with Crippen LogP contribution in [0, 0.1) is 85.8 Å². The first-order valence-electron chi connectivity index (χ1n) is 36.6. The molecule has 2 aliphatic rings. The van der Waals surface area contributed by atoms with Crippen LogP contribution in [-0.2, 0) is 86.0 Å². The molecule has 18 N–H and O–H groups in total. The smallest absolute Gasteiger partial charge is 0.309 e. The summed E-state index contributed by atoms with van der Waals surface area (Å²) in [6.45, 7) is 14.2. The van der Waals surface area contributed by atoms with Crippen LogP contribution >= 0.6 is 0 Å². The van der Waals surface area contributed by atoms with Crippen molar-refractivity contribution in [3.05, 3.63) is 0 Å². The quantitative estimate of drug-likeness (QED) is 0.0306. The predicted molar refractivity (Wildman–Crippen MR) is 384 cm³/mol. The average Bonchev–Trinajstić information content (AvgIpc) is 0.834. The van der Waals surface area contributed by atoms with Crippen molar-refractivity contribution in [1.82, 2.24) is 0 Å². The van der Waals surface area contributed by atoms with Crippen molar-refractivity contribution >= 4 is 71.6 Å². The lowest BCUT2D eigenvalue weighted by atomic mass is 9.74. The summed E-state index contributed by atoms with van der Waals surface area (Å²) in [4.78, 5) is 134. The highest BCUT2D eigenvalue weighted by Gasteiger charge is 2.42. The summed E-state index contributed by atoms with van der Waals surface area (Å²) in [5, 5.41) is 163. The molecule has 0 aromatic carbocycles. The normalized spacial score (nSPS) is 17.6. The number of aliphatic hydroxyl groups is 12. The van der Waals surface area contributed by atoms with Crippen molar-refractivity contribution in [2.24, 2.45) is 85.8 Å². The number of ether oxygens (including phenoxy) is 6. The second kappa shape index (κ2) is 57.2. The van der Waals surface area contributed by atoms with Gasteiger partial charge in [-0.05, 0) is 76.5 Å². The molecule has 36 nitrogen and oxygen atoms in total. The molecule has 0 amide bonds. The molecule has 9 unspecified atom stereocenters. The Balaban J connectivity index is -0.000000608. The summed E-state index contributed by atoms with van der Waals surface area (Å²) in [6, 6.07) is 0. The van der Waals surface area contributed by atoms with E-state index < -0.39 is 151 Å². The minimum absolute atomic E-state index is 0.0851. The number of hydrogen-bond acceptors (Lipinski definition) is 30. The molecule has 36 heteroatoms. The highest BCUT2D eigenvalue weighted by atomic mass is 16.6. The Bertz CT molecular complexity index is 2380. The molecule has 0 aliphatic heterocycles. The Morgan fingerprint density at radius 3 is 0.670 bits per heavy atom. The lowest BCUT2D eigenvalue weighted by molar-refractivity contribution is -0.164. The van der Waals surface area contributed by atoms with Crippen molar-refractivity contribution in [2.75, 3.05) is 119 Å². The van der Waals surface area contributed by atoms with E-state index in [-0.39, 0.29) is 145 Å². The number of aliphatic hydroxyl groups excluding tert-OH is 12. The van der Waals surface area contributed by atoms with Crippen LogP contribution in [0.1, 0.15) is 185 Å². The Kier molecular flexibility index (Phi) is 57.0.